The van der Waals surface area contributed by atoms with E-state index in [-0.39, 0.29) is 0 Å². The number of likely N-dealkylation sites (N-methyl/N-ethyl adjacent to an activating group) is 1. The van der Waals surface area contributed by atoms with Crippen molar-refractivity contribution in [3.05, 3.63) is 29.6 Å². The van der Waals surface area contributed by atoms with E-state index >= 15 is 0 Å². The van der Waals surface area contributed by atoms with Gasteiger partial charge < -0.3 is 15.2 Å². The third-order valence-corrected chi connectivity index (χ3v) is 3.90. The minimum Gasteiger partial charge on any atom is -0.342 e. The molecular weight excluding hydrogens is 236 g/mol. The molecule has 2 N–H and O–H groups in total. The second kappa shape index (κ2) is 5.31. The molecule has 1 unspecified atom stereocenters. The first-order chi connectivity index (χ1) is 9.20. The molecule has 0 amide bonds. The van der Waals surface area contributed by atoms with Gasteiger partial charge >= 0.3 is 0 Å². The standard InChI is InChI=1S/C15H22N4/c1-11-17-14-6-4-12(9-15(14)18-11)3-5-13-10-19(2)8-7-16-13/h4,6,9,13,16H,3,5,7-8,10H2,1-2H3,(H,17,18). The van der Waals surface area contributed by atoms with Gasteiger partial charge in [0.2, 0.25) is 0 Å². The van der Waals surface area contributed by atoms with Crippen molar-refractivity contribution in [3.8, 4) is 0 Å². The van der Waals surface area contributed by atoms with Crippen molar-refractivity contribution in [1.82, 2.24) is 20.2 Å². The molecule has 3 rings (SSSR count). The van der Waals surface area contributed by atoms with Crippen molar-refractivity contribution < 1.29 is 0 Å². The van der Waals surface area contributed by atoms with Gasteiger partial charge in [-0.15, -0.1) is 0 Å². The van der Waals surface area contributed by atoms with Crippen LogP contribution in [0.1, 0.15) is 17.8 Å². The lowest BCUT2D eigenvalue weighted by Gasteiger charge is -2.30. The third-order valence-electron chi connectivity index (χ3n) is 3.90. The Morgan fingerprint density at radius 2 is 2.32 bits per heavy atom. The van der Waals surface area contributed by atoms with E-state index in [1.807, 2.05) is 6.92 Å². The molecule has 1 atom stereocenters. The minimum absolute atomic E-state index is 0.623. The van der Waals surface area contributed by atoms with E-state index in [0.29, 0.717) is 6.04 Å². The first kappa shape index (κ1) is 12.6. The minimum atomic E-state index is 0.623. The Labute approximate surface area is 114 Å². The van der Waals surface area contributed by atoms with Crippen LogP contribution in [0.15, 0.2) is 18.2 Å². The Balaban J connectivity index is 1.64. The van der Waals surface area contributed by atoms with Crippen molar-refractivity contribution in [2.45, 2.75) is 25.8 Å². The molecule has 0 saturated carbocycles. The highest BCUT2D eigenvalue weighted by Crippen LogP contribution is 2.15. The van der Waals surface area contributed by atoms with Crippen LogP contribution in [-0.2, 0) is 6.42 Å². The molecule has 1 saturated heterocycles. The molecule has 4 heteroatoms. The summed E-state index contributed by atoms with van der Waals surface area (Å²) in [5.74, 6) is 0.989. The summed E-state index contributed by atoms with van der Waals surface area (Å²) in [6.45, 7) is 5.43. The van der Waals surface area contributed by atoms with Gasteiger partial charge in [-0.25, -0.2) is 4.98 Å². The fraction of sp³-hybridized carbons (Fsp3) is 0.533. The van der Waals surface area contributed by atoms with Crippen LogP contribution in [0.3, 0.4) is 0 Å². The third kappa shape index (κ3) is 2.96. The zero-order valence-electron chi connectivity index (χ0n) is 11.7. The van der Waals surface area contributed by atoms with E-state index in [2.05, 4.69) is 45.4 Å². The average molecular weight is 258 g/mol. The van der Waals surface area contributed by atoms with Crippen LogP contribution in [0.4, 0.5) is 0 Å². The van der Waals surface area contributed by atoms with Gasteiger partial charge in [0.25, 0.3) is 0 Å². The monoisotopic (exact) mass is 258 g/mol. The van der Waals surface area contributed by atoms with Crippen molar-refractivity contribution in [2.24, 2.45) is 0 Å². The van der Waals surface area contributed by atoms with E-state index in [0.717, 1.165) is 42.9 Å². The molecule has 0 radical (unpaired) electrons. The fourth-order valence-corrected chi connectivity index (χ4v) is 2.87. The number of fused-ring (bicyclic) bond motifs is 1. The van der Waals surface area contributed by atoms with Gasteiger partial charge in [0.05, 0.1) is 11.0 Å². The summed E-state index contributed by atoms with van der Waals surface area (Å²) < 4.78 is 0. The molecule has 4 nitrogen and oxygen atoms in total. The second-order valence-corrected chi connectivity index (χ2v) is 5.63. The molecule has 2 heterocycles. The molecule has 19 heavy (non-hydrogen) atoms. The Bertz CT molecular complexity index is 560. The number of aryl methyl sites for hydroxylation is 2. The van der Waals surface area contributed by atoms with E-state index < -0.39 is 0 Å². The summed E-state index contributed by atoms with van der Waals surface area (Å²) in [5.41, 5.74) is 3.62. The number of hydrogen-bond acceptors (Lipinski definition) is 3. The van der Waals surface area contributed by atoms with Gasteiger partial charge in [-0.3, -0.25) is 0 Å². The van der Waals surface area contributed by atoms with Gasteiger partial charge in [-0.1, -0.05) is 6.07 Å². The van der Waals surface area contributed by atoms with E-state index in [1.165, 1.54) is 12.0 Å². The van der Waals surface area contributed by atoms with Crippen molar-refractivity contribution >= 4 is 11.0 Å². The normalized spacial score (nSPS) is 21.1. The van der Waals surface area contributed by atoms with Crippen LogP contribution in [0.2, 0.25) is 0 Å². The maximum Gasteiger partial charge on any atom is 0.104 e. The lowest BCUT2D eigenvalue weighted by Crippen LogP contribution is -2.49. The van der Waals surface area contributed by atoms with Gasteiger partial charge in [-0.2, -0.15) is 0 Å². The Morgan fingerprint density at radius 3 is 3.16 bits per heavy atom. The van der Waals surface area contributed by atoms with Gasteiger partial charge in [0, 0.05) is 25.7 Å². The summed E-state index contributed by atoms with van der Waals surface area (Å²) in [6.07, 6.45) is 2.32. The quantitative estimate of drug-likeness (QED) is 0.881. The molecule has 1 aliphatic heterocycles. The van der Waals surface area contributed by atoms with E-state index in [1.54, 1.807) is 0 Å². The zero-order chi connectivity index (χ0) is 13.2. The molecule has 1 aromatic heterocycles. The fourth-order valence-electron chi connectivity index (χ4n) is 2.87. The van der Waals surface area contributed by atoms with Gasteiger partial charge in [0.15, 0.2) is 0 Å². The van der Waals surface area contributed by atoms with Crippen LogP contribution in [0.5, 0.6) is 0 Å². The summed E-state index contributed by atoms with van der Waals surface area (Å²) in [7, 11) is 2.20. The van der Waals surface area contributed by atoms with Crippen LogP contribution in [0, 0.1) is 6.92 Å². The molecule has 0 aliphatic carbocycles. The molecule has 1 aromatic carbocycles. The number of aromatic amines is 1. The predicted octanol–water partition coefficient (Wildman–Crippen LogP) is 1.71. The number of benzene rings is 1. The van der Waals surface area contributed by atoms with Gasteiger partial charge in [-0.05, 0) is 44.5 Å². The van der Waals surface area contributed by atoms with Crippen LogP contribution < -0.4 is 5.32 Å². The number of aromatic nitrogens is 2. The molecule has 1 aliphatic rings. The number of H-pyrrole nitrogens is 1. The maximum absolute atomic E-state index is 4.44. The van der Waals surface area contributed by atoms with Crippen molar-refractivity contribution in [1.29, 1.82) is 0 Å². The largest absolute Gasteiger partial charge is 0.342 e. The Kier molecular flexibility index (Phi) is 3.53. The molecule has 102 valence electrons. The van der Waals surface area contributed by atoms with Crippen molar-refractivity contribution in [3.63, 3.8) is 0 Å². The number of rotatable bonds is 3. The van der Waals surface area contributed by atoms with E-state index in [9.17, 15) is 0 Å². The molecule has 0 bridgehead atoms. The molecule has 1 fully saturated rings. The summed E-state index contributed by atoms with van der Waals surface area (Å²) in [6, 6.07) is 7.18. The Hall–Kier alpha value is -1.39. The first-order valence-corrected chi connectivity index (χ1v) is 7.08. The Morgan fingerprint density at radius 1 is 1.42 bits per heavy atom. The number of imidazole rings is 1. The molecule has 2 aromatic rings. The number of hydrogen-bond donors (Lipinski definition) is 2. The summed E-state index contributed by atoms with van der Waals surface area (Å²) in [5, 5.41) is 3.60. The smallest absolute Gasteiger partial charge is 0.104 e. The predicted molar refractivity (Wildman–Crippen MR) is 78.4 cm³/mol. The maximum atomic E-state index is 4.44. The summed E-state index contributed by atoms with van der Waals surface area (Å²) >= 11 is 0. The summed E-state index contributed by atoms with van der Waals surface area (Å²) in [4.78, 5) is 10.2. The number of nitrogens with one attached hydrogen (secondary N) is 2. The highest BCUT2D eigenvalue weighted by molar-refractivity contribution is 5.75. The van der Waals surface area contributed by atoms with E-state index in [4.69, 9.17) is 0 Å². The topological polar surface area (TPSA) is 44.0 Å². The molecular formula is C15H22N4. The lowest BCUT2D eigenvalue weighted by molar-refractivity contribution is 0.232. The van der Waals surface area contributed by atoms with Crippen LogP contribution >= 0.6 is 0 Å². The second-order valence-electron chi connectivity index (χ2n) is 5.63. The first-order valence-electron chi connectivity index (χ1n) is 7.08. The number of nitrogens with zero attached hydrogens (tertiary/aromatic N) is 2. The zero-order valence-corrected chi connectivity index (χ0v) is 11.7. The molecule has 0 spiro atoms. The average Bonchev–Trinajstić information content (AvgIpc) is 2.75. The highest BCUT2D eigenvalue weighted by Gasteiger charge is 2.15. The van der Waals surface area contributed by atoms with Gasteiger partial charge in [0.1, 0.15) is 5.82 Å². The highest BCUT2D eigenvalue weighted by atomic mass is 15.2. The SMILES string of the molecule is Cc1nc2ccc(CCC3CN(C)CCN3)cc2[nH]1. The number of piperazine rings is 1. The van der Waals surface area contributed by atoms with Crippen molar-refractivity contribution in [2.75, 3.05) is 26.7 Å². The lowest BCUT2D eigenvalue weighted by atomic mass is 10.0. The van der Waals surface area contributed by atoms with Crippen LogP contribution in [0.25, 0.3) is 11.0 Å². The van der Waals surface area contributed by atoms with Crippen LogP contribution in [-0.4, -0.2) is 47.6 Å².